The molecule has 1 aliphatic heterocycles. The first-order valence-corrected chi connectivity index (χ1v) is 9.26. The molecule has 1 amide bonds. The molecule has 0 radical (unpaired) electrons. The summed E-state index contributed by atoms with van der Waals surface area (Å²) in [6.07, 6.45) is -0.994. The molecular formula is C15H12Cl2N2O5S. The highest BCUT2D eigenvalue weighted by molar-refractivity contribution is 7.89. The van der Waals surface area contributed by atoms with Gasteiger partial charge >= 0.3 is 0 Å². The van der Waals surface area contributed by atoms with E-state index in [4.69, 9.17) is 32.7 Å². The molecule has 0 fully saturated rings. The van der Waals surface area contributed by atoms with E-state index in [0.717, 1.165) is 0 Å². The van der Waals surface area contributed by atoms with Crippen molar-refractivity contribution in [3.63, 3.8) is 0 Å². The van der Waals surface area contributed by atoms with Gasteiger partial charge in [-0.1, -0.05) is 35.3 Å². The van der Waals surface area contributed by atoms with Gasteiger partial charge in [0, 0.05) is 0 Å². The third kappa shape index (κ3) is 3.98. The lowest BCUT2D eigenvalue weighted by atomic mass is 10.2. The second-order valence-corrected chi connectivity index (χ2v) is 7.53. The minimum atomic E-state index is -4.02. The van der Waals surface area contributed by atoms with E-state index < -0.39 is 22.0 Å². The molecule has 10 heteroatoms. The van der Waals surface area contributed by atoms with Crippen molar-refractivity contribution in [1.82, 2.24) is 10.3 Å². The number of hydrazine groups is 1. The smallest absolute Gasteiger partial charge is 0.279 e. The van der Waals surface area contributed by atoms with Gasteiger partial charge in [-0.3, -0.25) is 10.2 Å². The Labute approximate surface area is 153 Å². The Morgan fingerprint density at radius 3 is 2.52 bits per heavy atom. The molecule has 2 aromatic carbocycles. The van der Waals surface area contributed by atoms with Crippen LogP contribution in [0.5, 0.6) is 11.5 Å². The molecule has 0 bridgehead atoms. The van der Waals surface area contributed by atoms with Crippen LogP contribution in [0.4, 0.5) is 0 Å². The number of rotatable bonds is 4. The van der Waals surface area contributed by atoms with Gasteiger partial charge in [-0.2, -0.15) is 0 Å². The fraction of sp³-hybridized carbons (Fsp3) is 0.133. The van der Waals surface area contributed by atoms with Crippen molar-refractivity contribution >= 4 is 39.1 Å². The van der Waals surface area contributed by atoms with E-state index in [1.54, 1.807) is 24.3 Å². The van der Waals surface area contributed by atoms with Crippen LogP contribution in [0.2, 0.25) is 10.0 Å². The molecule has 0 unspecified atom stereocenters. The zero-order chi connectivity index (χ0) is 18.0. The van der Waals surface area contributed by atoms with Gasteiger partial charge in [0.05, 0.1) is 14.9 Å². The van der Waals surface area contributed by atoms with Gasteiger partial charge in [-0.05, 0) is 30.3 Å². The van der Waals surface area contributed by atoms with Gasteiger partial charge in [-0.25, -0.2) is 8.42 Å². The standard InChI is InChI=1S/C15H12Cl2N2O5S/c16-10-6-5-9(7-11(10)17)25(21,22)19-18-15(20)14-8-23-12-3-1-2-4-13(12)24-14/h1-7,14,19H,8H2,(H,18,20)/t14-/m0/s1. The molecule has 3 rings (SSSR count). The van der Waals surface area contributed by atoms with E-state index in [0.29, 0.717) is 11.5 Å². The SMILES string of the molecule is O=C(NNS(=O)(=O)c1ccc(Cl)c(Cl)c1)[C@@H]1COc2ccccc2O1. The highest BCUT2D eigenvalue weighted by atomic mass is 35.5. The molecule has 2 N–H and O–H groups in total. The van der Waals surface area contributed by atoms with Crippen molar-refractivity contribution in [2.45, 2.75) is 11.0 Å². The molecule has 1 aliphatic rings. The predicted molar refractivity (Wildman–Crippen MR) is 91.3 cm³/mol. The first-order valence-electron chi connectivity index (χ1n) is 7.02. The molecule has 7 nitrogen and oxygen atoms in total. The third-order valence-electron chi connectivity index (χ3n) is 3.31. The Morgan fingerprint density at radius 1 is 1.08 bits per heavy atom. The fourth-order valence-corrected chi connectivity index (χ4v) is 3.29. The average Bonchev–Trinajstić information content (AvgIpc) is 2.61. The lowest BCUT2D eigenvalue weighted by molar-refractivity contribution is -0.130. The lowest BCUT2D eigenvalue weighted by Crippen LogP contribution is -2.50. The van der Waals surface area contributed by atoms with Gasteiger partial charge < -0.3 is 9.47 Å². The molecule has 1 atom stereocenters. The number of carbonyl (C=O) groups is 1. The summed E-state index contributed by atoms with van der Waals surface area (Å²) >= 11 is 11.6. The summed E-state index contributed by atoms with van der Waals surface area (Å²) in [6, 6.07) is 10.6. The fourth-order valence-electron chi connectivity index (χ4n) is 2.05. The number of benzene rings is 2. The summed E-state index contributed by atoms with van der Waals surface area (Å²) in [6.45, 7) is -0.0443. The van der Waals surface area contributed by atoms with Crippen LogP contribution >= 0.6 is 23.2 Å². The molecule has 0 spiro atoms. The number of ether oxygens (including phenoxy) is 2. The molecule has 0 aromatic heterocycles. The van der Waals surface area contributed by atoms with Crippen molar-refractivity contribution < 1.29 is 22.7 Å². The number of fused-ring (bicyclic) bond motifs is 1. The number of carbonyl (C=O) groups excluding carboxylic acids is 1. The van der Waals surface area contributed by atoms with Crippen molar-refractivity contribution in [3.05, 3.63) is 52.5 Å². The summed E-state index contributed by atoms with van der Waals surface area (Å²) in [5.74, 6) is 0.224. The number of amides is 1. The van der Waals surface area contributed by atoms with Crippen LogP contribution in [0.25, 0.3) is 0 Å². The molecular weight excluding hydrogens is 391 g/mol. The number of halogens is 2. The minimum Gasteiger partial charge on any atom is -0.485 e. The second-order valence-electron chi connectivity index (χ2n) is 5.03. The van der Waals surface area contributed by atoms with Crippen LogP contribution in [-0.2, 0) is 14.8 Å². The van der Waals surface area contributed by atoms with E-state index >= 15 is 0 Å². The minimum absolute atomic E-state index is 0.0443. The van der Waals surface area contributed by atoms with Crippen LogP contribution in [0.1, 0.15) is 0 Å². The van der Waals surface area contributed by atoms with E-state index in [1.165, 1.54) is 18.2 Å². The van der Waals surface area contributed by atoms with Gasteiger partial charge in [-0.15, -0.1) is 4.83 Å². The van der Waals surface area contributed by atoms with Crippen molar-refractivity contribution in [2.75, 3.05) is 6.61 Å². The molecule has 1 heterocycles. The average molecular weight is 403 g/mol. The first-order chi connectivity index (χ1) is 11.9. The van der Waals surface area contributed by atoms with E-state index in [-0.39, 0.29) is 21.5 Å². The number of para-hydroxylation sites is 2. The molecule has 25 heavy (non-hydrogen) atoms. The van der Waals surface area contributed by atoms with Gasteiger partial charge in [0.1, 0.15) is 6.61 Å². The molecule has 2 aromatic rings. The maximum absolute atomic E-state index is 12.2. The molecule has 132 valence electrons. The number of hydrogen-bond acceptors (Lipinski definition) is 5. The van der Waals surface area contributed by atoms with Crippen LogP contribution in [0, 0.1) is 0 Å². The van der Waals surface area contributed by atoms with Crippen LogP contribution in [0.3, 0.4) is 0 Å². The van der Waals surface area contributed by atoms with E-state index in [9.17, 15) is 13.2 Å². The van der Waals surface area contributed by atoms with Crippen LogP contribution in [-0.4, -0.2) is 27.0 Å². The van der Waals surface area contributed by atoms with Crippen LogP contribution < -0.4 is 19.7 Å². The second kappa shape index (κ2) is 7.09. The first kappa shape index (κ1) is 17.8. The molecule has 0 saturated heterocycles. The van der Waals surface area contributed by atoms with Gasteiger partial charge in [0.2, 0.25) is 6.10 Å². The number of hydrogen-bond donors (Lipinski definition) is 2. The Balaban J connectivity index is 1.65. The monoisotopic (exact) mass is 402 g/mol. The number of nitrogens with one attached hydrogen (secondary N) is 2. The molecule has 0 aliphatic carbocycles. The predicted octanol–water partition coefficient (Wildman–Crippen LogP) is 2.14. The normalized spacial score (nSPS) is 16.3. The van der Waals surface area contributed by atoms with Gasteiger partial charge in [0.25, 0.3) is 15.9 Å². The highest BCUT2D eigenvalue weighted by Gasteiger charge is 2.28. The summed E-state index contributed by atoms with van der Waals surface area (Å²) in [4.78, 5) is 14.0. The maximum Gasteiger partial charge on any atom is 0.279 e. The zero-order valence-electron chi connectivity index (χ0n) is 12.5. The Hall–Kier alpha value is -2.00. The van der Waals surface area contributed by atoms with Crippen molar-refractivity contribution in [3.8, 4) is 11.5 Å². The summed E-state index contributed by atoms with van der Waals surface area (Å²) < 4.78 is 35.3. The Morgan fingerprint density at radius 2 is 1.80 bits per heavy atom. The van der Waals surface area contributed by atoms with Crippen molar-refractivity contribution in [2.24, 2.45) is 0 Å². The quantitative estimate of drug-likeness (QED) is 0.764. The molecule has 0 saturated carbocycles. The van der Waals surface area contributed by atoms with Crippen LogP contribution in [0.15, 0.2) is 47.4 Å². The lowest BCUT2D eigenvalue weighted by Gasteiger charge is -2.25. The summed E-state index contributed by atoms with van der Waals surface area (Å²) in [5, 5.41) is 0.299. The topological polar surface area (TPSA) is 93.7 Å². The Kier molecular flexibility index (Phi) is 5.05. The highest BCUT2D eigenvalue weighted by Crippen LogP contribution is 2.30. The zero-order valence-corrected chi connectivity index (χ0v) is 14.9. The number of sulfonamides is 1. The van der Waals surface area contributed by atoms with Crippen molar-refractivity contribution in [1.29, 1.82) is 0 Å². The van der Waals surface area contributed by atoms with E-state index in [2.05, 4.69) is 5.43 Å². The summed E-state index contributed by atoms with van der Waals surface area (Å²) in [5.41, 5.74) is 2.10. The van der Waals surface area contributed by atoms with E-state index in [1.807, 2.05) is 4.83 Å². The largest absolute Gasteiger partial charge is 0.485 e. The maximum atomic E-state index is 12.2. The third-order valence-corrected chi connectivity index (χ3v) is 5.30. The summed E-state index contributed by atoms with van der Waals surface area (Å²) in [7, 11) is -4.02. The Bertz CT molecular complexity index is 920. The van der Waals surface area contributed by atoms with Gasteiger partial charge in [0.15, 0.2) is 11.5 Å².